The zero-order chi connectivity index (χ0) is 13.8. The van der Waals surface area contributed by atoms with Gasteiger partial charge in [-0.15, -0.1) is 0 Å². The fourth-order valence-electron chi connectivity index (χ4n) is 2.19. The van der Waals surface area contributed by atoms with Gasteiger partial charge in [-0.05, 0) is 31.2 Å². The monoisotopic (exact) mass is 277 g/mol. The number of hydrogen-bond acceptors (Lipinski definition) is 3. The van der Waals surface area contributed by atoms with Crippen molar-refractivity contribution < 1.29 is 8.42 Å². The summed E-state index contributed by atoms with van der Waals surface area (Å²) in [6.07, 6.45) is 3.70. The molecular weight excluding hydrogens is 250 g/mol. The Morgan fingerprint density at radius 2 is 1.78 bits per heavy atom. The standard InChI is InChI=1S/C12H27N3O2S/c1-12(2,3)11(7-8-13)14-18(16,17)15-9-5-4-6-10-15/h11,14H,4-10,13H2,1-3H3. The van der Waals surface area contributed by atoms with Crippen LogP contribution in [0.25, 0.3) is 0 Å². The van der Waals surface area contributed by atoms with Crippen LogP contribution in [0.1, 0.15) is 46.5 Å². The summed E-state index contributed by atoms with van der Waals surface area (Å²) < 4.78 is 29.0. The minimum atomic E-state index is -3.36. The van der Waals surface area contributed by atoms with Crippen LogP contribution in [0.5, 0.6) is 0 Å². The molecule has 1 atom stereocenters. The predicted molar refractivity (Wildman–Crippen MR) is 74.4 cm³/mol. The van der Waals surface area contributed by atoms with E-state index in [-0.39, 0.29) is 11.5 Å². The first-order valence-electron chi connectivity index (χ1n) is 6.75. The van der Waals surface area contributed by atoms with E-state index in [4.69, 9.17) is 5.73 Å². The largest absolute Gasteiger partial charge is 0.330 e. The molecule has 1 rings (SSSR count). The lowest BCUT2D eigenvalue weighted by molar-refractivity contribution is 0.273. The molecule has 0 aromatic rings. The summed E-state index contributed by atoms with van der Waals surface area (Å²) in [5.41, 5.74) is 5.45. The minimum absolute atomic E-state index is 0.116. The topological polar surface area (TPSA) is 75.4 Å². The summed E-state index contributed by atoms with van der Waals surface area (Å²) in [6, 6.07) is -0.116. The van der Waals surface area contributed by atoms with Gasteiger partial charge in [-0.25, -0.2) is 0 Å². The molecule has 5 nitrogen and oxygen atoms in total. The third-order valence-electron chi connectivity index (χ3n) is 3.45. The van der Waals surface area contributed by atoms with Crippen LogP contribution in [0.2, 0.25) is 0 Å². The number of nitrogens with one attached hydrogen (secondary N) is 1. The Bertz CT molecular complexity index is 343. The highest BCUT2D eigenvalue weighted by atomic mass is 32.2. The van der Waals surface area contributed by atoms with E-state index in [0.29, 0.717) is 26.1 Å². The highest BCUT2D eigenvalue weighted by molar-refractivity contribution is 7.87. The average Bonchev–Trinajstić information content (AvgIpc) is 2.28. The van der Waals surface area contributed by atoms with E-state index < -0.39 is 10.2 Å². The quantitative estimate of drug-likeness (QED) is 0.789. The van der Waals surface area contributed by atoms with Crippen LogP contribution in [0.3, 0.4) is 0 Å². The molecular formula is C12H27N3O2S. The van der Waals surface area contributed by atoms with E-state index in [1.165, 1.54) is 0 Å². The van der Waals surface area contributed by atoms with E-state index in [0.717, 1.165) is 19.3 Å². The van der Waals surface area contributed by atoms with Gasteiger partial charge in [0.15, 0.2) is 0 Å². The first kappa shape index (κ1) is 15.9. The second-order valence-corrected chi connectivity index (χ2v) is 7.78. The van der Waals surface area contributed by atoms with E-state index in [1.54, 1.807) is 4.31 Å². The van der Waals surface area contributed by atoms with Crippen molar-refractivity contribution in [2.75, 3.05) is 19.6 Å². The molecule has 1 aliphatic heterocycles. The maximum Gasteiger partial charge on any atom is 0.279 e. The van der Waals surface area contributed by atoms with Gasteiger partial charge in [-0.1, -0.05) is 27.2 Å². The van der Waals surface area contributed by atoms with Gasteiger partial charge >= 0.3 is 0 Å². The Balaban J connectivity index is 2.72. The van der Waals surface area contributed by atoms with Crippen molar-refractivity contribution in [2.24, 2.45) is 11.1 Å². The molecule has 1 aliphatic rings. The number of rotatable bonds is 5. The molecule has 18 heavy (non-hydrogen) atoms. The van der Waals surface area contributed by atoms with Crippen LogP contribution >= 0.6 is 0 Å². The van der Waals surface area contributed by atoms with Crippen molar-refractivity contribution in [3.63, 3.8) is 0 Å². The molecule has 0 aliphatic carbocycles. The summed E-state index contributed by atoms with van der Waals surface area (Å²) in [5, 5.41) is 0. The molecule has 1 heterocycles. The maximum atomic E-state index is 12.3. The lowest BCUT2D eigenvalue weighted by Crippen LogP contribution is -2.51. The van der Waals surface area contributed by atoms with Crippen LogP contribution in [0.4, 0.5) is 0 Å². The molecule has 1 unspecified atom stereocenters. The second-order valence-electron chi connectivity index (χ2n) is 6.08. The van der Waals surface area contributed by atoms with Crippen LogP contribution in [0.15, 0.2) is 0 Å². The van der Waals surface area contributed by atoms with E-state index in [9.17, 15) is 8.42 Å². The van der Waals surface area contributed by atoms with E-state index in [2.05, 4.69) is 4.72 Å². The van der Waals surface area contributed by atoms with Gasteiger partial charge in [0.05, 0.1) is 0 Å². The second kappa shape index (κ2) is 6.32. The molecule has 108 valence electrons. The van der Waals surface area contributed by atoms with Crippen molar-refractivity contribution in [3.8, 4) is 0 Å². The van der Waals surface area contributed by atoms with E-state index in [1.807, 2.05) is 20.8 Å². The summed E-state index contributed by atoms with van der Waals surface area (Å²) in [5.74, 6) is 0. The molecule has 0 spiro atoms. The molecule has 3 N–H and O–H groups in total. The fourth-order valence-corrected chi connectivity index (χ4v) is 3.91. The zero-order valence-electron chi connectivity index (χ0n) is 11.8. The lowest BCUT2D eigenvalue weighted by Gasteiger charge is -2.34. The molecule has 0 aromatic carbocycles. The molecule has 0 radical (unpaired) electrons. The maximum absolute atomic E-state index is 12.3. The lowest BCUT2D eigenvalue weighted by atomic mass is 9.85. The molecule has 1 fully saturated rings. The Morgan fingerprint density at radius 1 is 1.22 bits per heavy atom. The number of nitrogens with two attached hydrogens (primary N) is 1. The Kier molecular flexibility index (Phi) is 5.58. The number of piperidine rings is 1. The van der Waals surface area contributed by atoms with Crippen LogP contribution < -0.4 is 10.5 Å². The van der Waals surface area contributed by atoms with Gasteiger partial charge < -0.3 is 5.73 Å². The van der Waals surface area contributed by atoms with Gasteiger partial charge in [-0.3, -0.25) is 0 Å². The molecule has 0 amide bonds. The van der Waals surface area contributed by atoms with Gasteiger partial charge in [0.25, 0.3) is 10.2 Å². The van der Waals surface area contributed by atoms with Gasteiger partial charge in [0.1, 0.15) is 0 Å². The fraction of sp³-hybridized carbons (Fsp3) is 1.00. The summed E-state index contributed by atoms with van der Waals surface area (Å²) in [7, 11) is -3.36. The molecule has 1 saturated heterocycles. The molecule has 0 bridgehead atoms. The van der Waals surface area contributed by atoms with Crippen LogP contribution in [-0.4, -0.2) is 38.4 Å². The summed E-state index contributed by atoms with van der Waals surface area (Å²) in [6.45, 7) is 7.86. The predicted octanol–water partition coefficient (Wildman–Crippen LogP) is 1.07. The van der Waals surface area contributed by atoms with Gasteiger partial charge in [-0.2, -0.15) is 17.4 Å². The van der Waals surface area contributed by atoms with Crippen molar-refractivity contribution in [1.82, 2.24) is 9.03 Å². The highest BCUT2D eigenvalue weighted by Gasteiger charge is 2.31. The Labute approximate surface area is 111 Å². The smallest absolute Gasteiger partial charge is 0.279 e. The van der Waals surface area contributed by atoms with Crippen molar-refractivity contribution >= 4 is 10.2 Å². The van der Waals surface area contributed by atoms with Crippen LogP contribution in [0, 0.1) is 5.41 Å². The SMILES string of the molecule is CC(C)(C)C(CCN)NS(=O)(=O)N1CCCCC1. The zero-order valence-corrected chi connectivity index (χ0v) is 12.6. The van der Waals surface area contributed by atoms with Crippen molar-refractivity contribution in [2.45, 2.75) is 52.5 Å². The van der Waals surface area contributed by atoms with Crippen molar-refractivity contribution in [1.29, 1.82) is 0 Å². The summed E-state index contributed by atoms with van der Waals surface area (Å²) >= 11 is 0. The number of nitrogens with zero attached hydrogens (tertiary/aromatic N) is 1. The third kappa shape index (κ3) is 4.50. The first-order valence-corrected chi connectivity index (χ1v) is 8.19. The average molecular weight is 277 g/mol. The highest BCUT2D eigenvalue weighted by Crippen LogP contribution is 2.23. The van der Waals surface area contributed by atoms with Crippen molar-refractivity contribution in [3.05, 3.63) is 0 Å². The number of hydrogen-bond donors (Lipinski definition) is 2. The normalized spacial score (nSPS) is 20.9. The van der Waals surface area contributed by atoms with E-state index >= 15 is 0 Å². The minimum Gasteiger partial charge on any atom is -0.330 e. The van der Waals surface area contributed by atoms with Gasteiger partial charge in [0, 0.05) is 19.1 Å². The third-order valence-corrected chi connectivity index (χ3v) is 5.07. The molecule has 0 saturated carbocycles. The Hall–Kier alpha value is -0.170. The summed E-state index contributed by atoms with van der Waals surface area (Å²) in [4.78, 5) is 0. The van der Waals surface area contributed by atoms with Crippen LogP contribution in [-0.2, 0) is 10.2 Å². The Morgan fingerprint density at radius 3 is 2.22 bits per heavy atom. The first-order chi connectivity index (χ1) is 8.27. The van der Waals surface area contributed by atoms with Gasteiger partial charge in [0.2, 0.25) is 0 Å². The molecule has 6 heteroatoms. The molecule has 0 aromatic heterocycles.